The fourth-order valence-electron chi connectivity index (χ4n) is 3.42. The van der Waals surface area contributed by atoms with Crippen LogP contribution < -0.4 is 5.32 Å². The van der Waals surface area contributed by atoms with Crippen molar-refractivity contribution in [3.05, 3.63) is 106 Å². The van der Waals surface area contributed by atoms with Gasteiger partial charge >= 0.3 is 0 Å². The number of halogens is 1. The summed E-state index contributed by atoms with van der Waals surface area (Å²) in [6.45, 7) is 4.32. The Balaban J connectivity index is 1.48. The topological polar surface area (TPSA) is 42.7 Å². The maximum atomic E-state index is 5.97. The molecule has 4 rings (SSSR count). The van der Waals surface area contributed by atoms with E-state index in [0.717, 1.165) is 34.9 Å². The van der Waals surface area contributed by atoms with Crippen LogP contribution in [-0.2, 0) is 19.5 Å². The maximum absolute atomic E-state index is 5.97. The van der Waals surface area contributed by atoms with Crippen LogP contribution in [0.5, 0.6) is 0 Å². The van der Waals surface area contributed by atoms with Crippen LogP contribution in [0.3, 0.4) is 0 Å². The van der Waals surface area contributed by atoms with Gasteiger partial charge in [-0.05, 0) is 48.7 Å². The summed E-state index contributed by atoms with van der Waals surface area (Å²) in [5.74, 6) is 0. The predicted octanol–water partition coefficient (Wildman–Crippen LogP) is 5.29. The molecular weight excluding hydrogens is 392 g/mol. The molecule has 1 N–H and O–H groups in total. The molecule has 0 aliphatic carbocycles. The molecular formula is C25H25ClN4. The molecule has 30 heavy (non-hydrogen) atoms. The average molecular weight is 417 g/mol. The molecule has 0 radical (unpaired) electrons. The third-order valence-electron chi connectivity index (χ3n) is 5.14. The van der Waals surface area contributed by atoms with E-state index in [1.54, 1.807) is 4.80 Å². The Labute approximate surface area is 182 Å². The van der Waals surface area contributed by atoms with Gasteiger partial charge in [-0.1, -0.05) is 78.3 Å². The van der Waals surface area contributed by atoms with Gasteiger partial charge in [-0.25, -0.2) is 0 Å². The molecule has 0 atom stereocenters. The number of nitrogens with one attached hydrogen (secondary N) is 1. The fraction of sp³-hybridized carbons (Fsp3) is 0.200. The lowest BCUT2D eigenvalue weighted by molar-refractivity contribution is 0.575. The summed E-state index contributed by atoms with van der Waals surface area (Å²) >= 11 is 5.97. The van der Waals surface area contributed by atoms with Gasteiger partial charge in [0, 0.05) is 17.1 Å². The van der Waals surface area contributed by atoms with Crippen molar-refractivity contribution in [2.24, 2.45) is 0 Å². The summed E-state index contributed by atoms with van der Waals surface area (Å²) in [5.41, 5.74) is 6.73. The zero-order chi connectivity index (χ0) is 20.8. The summed E-state index contributed by atoms with van der Waals surface area (Å²) in [6.07, 6.45) is 0.940. The standard InChI is InChI=1S/C25H25ClN4/c1-19-7-5-6-10-22(19)18-30-28-24(25(29-30)21-8-3-2-4-9-21)17-27-16-15-20-11-13-23(26)14-12-20/h2-14,27H,15-18H2,1H3. The van der Waals surface area contributed by atoms with Gasteiger partial charge in [0.15, 0.2) is 0 Å². The maximum Gasteiger partial charge on any atom is 0.117 e. The second-order valence-corrected chi connectivity index (χ2v) is 7.81. The summed E-state index contributed by atoms with van der Waals surface area (Å²) in [7, 11) is 0. The minimum atomic E-state index is 0.664. The first kappa shape index (κ1) is 20.3. The molecule has 0 saturated carbocycles. The molecule has 0 unspecified atom stereocenters. The number of aryl methyl sites for hydroxylation is 1. The van der Waals surface area contributed by atoms with E-state index in [2.05, 4.69) is 60.8 Å². The summed E-state index contributed by atoms with van der Waals surface area (Å²) in [5, 5.41) is 13.9. The van der Waals surface area contributed by atoms with Crippen LogP contribution in [0.15, 0.2) is 78.9 Å². The number of aromatic nitrogens is 3. The quantitative estimate of drug-likeness (QED) is 0.397. The van der Waals surface area contributed by atoms with Crippen LogP contribution in [0.25, 0.3) is 11.3 Å². The highest BCUT2D eigenvalue weighted by Crippen LogP contribution is 2.21. The van der Waals surface area contributed by atoms with Crippen molar-refractivity contribution in [1.82, 2.24) is 20.3 Å². The zero-order valence-electron chi connectivity index (χ0n) is 17.1. The smallest absolute Gasteiger partial charge is 0.117 e. The van der Waals surface area contributed by atoms with Gasteiger partial charge in [0.2, 0.25) is 0 Å². The number of rotatable bonds is 8. The third kappa shape index (κ3) is 5.15. The lowest BCUT2D eigenvalue weighted by Gasteiger charge is -2.05. The Morgan fingerprint density at radius 3 is 2.37 bits per heavy atom. The molecule has 4 aromatic rings. The second kappa shape index (κ2) is 9.70. The van der Waals surface area contributed by atoms with Gasteiger partial charge in [0.25, 0.3) is 0 Å². The highest BCUT2D eigenvalue weighted by Gasteiger charge is 2.13. The van der Waals surface area contributed by atoms with E-state index in [1.807, 2.05) is 30.3 Å². The van der Waals surface area contributed by atoms with E-state index in [-0.39, 0.29) is 0 Å². The van der Waals surface area contributed by atoms with Crippen molar-refractivity contribution < 1.29 is 0 Å². The predicted molar refractivity (Wildman–Crippen MR) is 123 cm³/mol. The van der Waals surface area contributed by atoms with Crippen LogP contribution in [0.4, 0.5) is 0 Å². The van der Waals surface area contributed by atoms with Crippen LogP contribution in [0.1, 0.15) is 22.4 Å². The molecule has 0 aliphatic rings. The molecule has 5 heteroatoms. The Bertz CT molecular complexity index is 1090. The fourth-order valence-corrected chi connectivity index (χ4v) is 3.55. The minimum absolute atomic E-state index is 0.664. The van der Waals surface area contributed by atoms with Crippen LogP contribution in [0, 0.1) is 6.92 Å². The first-order chi connectivity index (χ1) is 14.7. The number of hydrogen-bond acceptors (Lipinski definition) is 3. The Kier molecular flexibility index (Phi) is 6.57. The zero-order valence-corrected chi connectivity index (χ0v) is 17.8. The van der Waals surface area contributed by atoms with E-state index in [1.165, 1.54) is 16.7 Å². The molecule has 0 amide bonds. The lowest BCUT2D eigenvalue weighted by atomic mass is 10.1. The van der Waals surface area contributed by atoms with Crippen LogP contribution in [-0.4, -0.2) is 21.5 Å². The van der Waals surface area contributed by atoms with Crippen molar-refractivity contribution in [3.63, 3.8) is 0 Å². The minimum Gasteiger partial charge on any atom is -0.311 e. The van der Waals surface area contributed by atoms with Gasteiger partial charge in [0.1, 0.15) is 11.4 Å². The molecule has 0 aliphatic heterocycles. The Hall–Kier alpha value is -2.95. The van der Waals surface area contributed by atoms with Crippen molar-refractivity contribution >= 4 is 11.6 Å². The second-order valence-electron chi connectivity index (χ2n) is 7.37. The summed E-state index contributed by atoms with van der Waals surface area (Å²) in [4.78, 5) is 1.81. The van der Waals surface area contributed by atoms with E-state index in [4.69, 9.17) is 21.8 Å². The average Bonchev–Trinajstić information content (AvgIpc) is 3.17. The highest BCUT2D eigenvalue weighted by atomic mass is 35.5. The van der Waals surface area contributed by atoms with Crippen molar-refractivity contribution in [2.75, 3.05) is 6.54 Å². The van der Waals surface area contributed by atoms with Crippen LogP contribution >= 0.6 is 11.6 Å². The molecule has 1 aromatic heterocycles. The van der Waals surface area contributed by atoms with E-state index < -0.39 is 0 Å². The largest absolute Gasteiger partial charge is 0.311 e. The van der Waals surface area contributed by atoms with E-state index in [9.17, 15) is 0 Å². The third-order valence-corrected chi connectivity index (χ3v) is 5.39. The summed E-state index contributed by atoms with van der Waals surface area (Å²) in [6, 6.07) is 26.6. The number of nitrogens with zero attached hydrogens (tertiary/aromatic N) is 3. The Morgan fingerprint density at radius 1 is 0.867 bits per heavy atom. The molecule has 1 heterocycles. The van der Waals surface area contributed by atoms with Gasteiger partial charge in [-0.2, -0.15) is 15.0 Å². The molecule has 0 bridgehead atoms. The van der Waals surface area contributed by atoms with Gasteiger partial charge in [-0.3, -0.25) is 0 Å². The monoisotopic (exact) mass is 416 g/mol. The van der Waals surface area contributed by atoms with Gasteiger partial charge in [-0.15, -0.1) is 0 Å². The van der Waals surface area contributed by atoms with Gasteiger partial charge in [0.05, 0.1) is 6.54 Å². The number of benzene rings is 3. The van der Waals surface area contributed by atoms with Gasteiger partial charge < -0.3 is 5.32 Å². The van der Waals surface area contributed by atoms with Crippen molar-refractivity contribution in [3.8, 4) is 11.3 Å². The van der Waals surface area contributed by atoms with Crippen LogP contribution in [0.2, 0.25) is 5.02 Å². The SMILES string of the molecule is Cc1ccccc1Cn1nc(CNCCc2ccc(Cl)cc2)c(-c2ccccc2)n1. The molecule has 0 fully saturated rings. The van der Waals surface area contributed by atoms with E-state index >= 15 is 0 Å². The molecule has 3 aromatic carbocycles. The first-order valence-corrected chi connectivity index (χ1v) is 10.6. The van der Waals surface area contributed by atoms with E-state index in [0.29, 0.717) is 13.1 Å². The molecule has 4 nitrogen and oxygen atoms in total. The summed E-state index contributed by atoms with van der Waals surface area (Å²) < 4.78 is 0. The molecule has 0 spiro atoms. The van der Waals surface area contributed by atoms with Crippen molar-refractivity contribution in [2.45, 2.75) is 26.4 Å². The lowest BCUT2D eigenvalue weighted by Crippen LogP contribution is -2.17. The number of hydrogen-bond donors (Lipinski definition) is 1. The molecule has 152 valence electrons. The highest BCUT2D eigenvalue weighted by molar-refractivity contribution is 6.30. The first-order valence-electron chi connectivity index (χ1n) is 10.2. The Morgan fingerprint density at radius 2 is 1.60 bits per heavy atom. The van der Waals surface area contributed by atoms with Crippen molar-refractivity contribution in [1.29, 1.82) is 0 Å². The molecule has 0 saturated heterocycles. The normalized spacial score (nSPS) is 11.0.